The number of benzene rings is 1. The first-order valence-corrected chi connectivity index (χ1v) is 9.76. The molecule has 0 bridgehead atoms. The molecule has 0 radical (unpaired) electrons. The van der Waals surface area contributed by atoms with Crippen LogP contribution in [-0.4, -0.2) is 32.0 Å². The fourth-order valence-electron chi connectivity index (χ4n) is 3.32. The number of hydrogen-bond acceptors (Lipinski definition) is 2. The Kier molecular flexibility index (Phi) is 7.06. The Morgan fingerprint density at radius 2 is 1.92 bits per heavy atom. The van der Waals surface area contributed by atoms with E-state index >= 15 is 0 Å². The van der Waals surface area contributed by atoms with Gasteiger partial charge < -0.3 is 16.0 Å². The summed E-state index contributed by atoms with van der Waals surface area (Å²) in [4.78, 5) is 16.6. The molecule has 0 aliphatic heterocycles. The summed E-state index contributed by atoms with van der Waals surface area (Å²) in [5, 5.41) is 9.47. The number of rotatable bonds is 6. The van der Waals surface area contributed by atoms with Gasteiger partial charge in [0.25, 0.3) is 0 Å². The van der Waals surface area contributed by atoms with Crippen molar-refractivity contribution in [1.29, 1.82) is 0 Å². The summed E-state index contributed by atoms with van der Waals surface area (Å²) in [7, 11) is 1.66. The van der Waals surface area contributed by atoms with E-state index in [2.05, 4.69) is 46.1 Å². The largest absolute Gasteiger partial charge is 0.359 e. The van der Waals surface area contributed by atoms with E-state index in [9.17, 15) is 4.79 Å². The zero-order valence-corrected chi connectivity index (χ0v) is 16.9. The smallest absolute Gasteiger partial charge is 0.227 e. The molecule has 5 nitrogen and oxygen atoms in total. The minimum atomic E-state index is -0.536. The topological polar surface area (TPSA) is 65.5 Å². The fraction of sp³-hybridized carbons (Fsp3) is 0.619. The van der Waals surface area contributed by atoms with Crippen molar-refractivity contribution in [1.82, 2.24) is 16.0 Å². The highest BCUT2D eigenvalue weighted by molar-refractivity contribution is 5.83. The average Bonchev–Trinajstić information content (AvgIpc) is 2.65. The maximum absolute atomic E-state index is 12.0. The van der Waals surface area contributed by atoms with Crippen molar-refractivity contribution in [3.63, 3.8) is 0 Å². The normalized spacial score (nSPS) is 15.8. The first-order valence-electron chi connectivity index (χ1n) is 9.76. The number of carbonyl (C=O) groups is 1. The van der Waals surface area contributed by atoms with Crippen LogP contribution >= 0.6 is 0 Å². The van der Waals surface area contributed by atoms with Gasteiger partial charge in [-0.1, -0.05) is 18.2 Å². The minimum Gasteiger partial charge on any atom is -0.359 e. The molecule has 2 rings (SSSR count). The molecule has 5 heteroatoms. The van der Waals surface area contributed by atoms with Crippen LogP contribution in [0.3, 0.4) is 0 Å². The third-order valence-electron chi connectivity index (χ3n) is 5.04. The monoisotopic (exact) mass is 358 g/mol. The Morgan fingerprint density at radius 1 is 1.23 bits per heavy atom. The third-order valence-corrected chi connectivity index (χ3v) is 5.04. The number of hydrogen-bond donors (Lipinski definition) is 3. The molecular formula is C21H34N4O. The lowest BCUT2D eigenvalue weighted by Crippen LogP contribution is -2.41. The maximum Gasteiger partial charge on any atom is 0.227 e. The lowest BCUT2D eigenvalue weighted by atomic mass is 9.89. The average molecular weight is 359 g/mol. The fourth-order valence-corrected chi connectivity index (χ4v) is 3.32. The number of carbonyl (C=O) groups excluding carboxylic acids is 1. The first kappa shape index (κ1) is 20.3. The van der Waals surface area contributed by atoms with E-state index in [0.29, 0.717) is 6.54 Å². The highest BCUT2D eigenvalue weighted by atomic mass is 16.2. The van der Waals surface area contributed by atoms with Crippen molar-refractivity contribution >= 4 is 11.9 Å². The van der Waals surface area contributed by atoms with E-state index in [0.717, 1.165) is 12.5 Å². The maximum atomic E-state index is 12.0. The van der Waals surface area contributed by atoms with Gasteiger partial charge in [0.15, 0.2) is 5.96 Å². The lowest BCUT2D eigenvalue weighted by molar-refractivity contribution is -0.128. The van der Waals surface area contributed by atoms with E-state index in [4.69, 9.17) is 0 Å². The highest BCUT2D eigenvalue weighted by Gasteiger charge is 2.26. The van der Waals surface area contributed by atoms with Gasteiger partial charge in [-0.3, -0.25) is 9.79 Å². The highest BCUT2D eigenvalue weighted by Crippen LogP contribution is 2.24. The van der Waals surface area contributed by atoms with E-state index in [1.807, 2.05) is 20.8 Å². The second-order valence-corrected chi connectivity index (χ2v) is 7.76. The molecule has 0 heterocycles. The van der Waals surface area contributed by atoms with Gasteiger partial charge in [-0.2, -0.15) is 0 Å². The van der Waals surface area contributed by atoms with Gasteiger partial charge >= 0.3 is 0 Å². The molecule has 1 aliphatic carbocycles. The van der Waals surface area contributed by atoms with Gasteiger partial charge in [0.2, 0.25) is 5.91 Å². The Hall–Kier alpha value is -2.04. The van der Waals surface area contributed by atoms with Crippen LogP contribution in [0.2, 0.25) is 0 Å². The molecule has 0 fully saturated rings. The second kappa shape index (κ2) is 9.06. The quantitative estimate of drug-likeness (QED) is 0.541. The summed E-state index contributed by atoms with van der Waals surface area (Å²) >= 11 is 0. The van der Waals surface area contributed by atoms with Crippen molar-refractivity contribution in [2.75, 3.05) is 20.1 Å². The molecule has 26 heavy (non-hydrogen) atoms. The van der Waals surface area contributed by atoms with Crippen molar-refractivity contribution in [2.24, 2.45) is 10.4 Å². The van der Waals surface area contributed by atoms with Crippen molar-refractivity contribution < 1.29 is 4.79 Å². The lowest BCUT2D eigenvalue weighted by Gasteiger charge is -2.23. The van der Waals surface area contributed by atoms with Crippen molar-refractivity contribution in [2.45, 2.75) is 59.4 Å². The number of guanidine groups is 1. The number of nitrogens with zero attached hydrogens (tertiary/aromatic N) is 1. The van der Waals surface area contributed by atoms with E-state index < -0.39 is 5.41 Å². The minimum absolute atomic E-state index is 0.000154. The summed E-state index contributed by atoms with van der Waals surface area (Å²) < 4.78 is 0. The van der Waals surface area contributed by atoms with Crippen LogP contribution in [0.15, 0.2) is 23.2 Å². The predicted molar refractivity (Wildman–Crippen MR) is 108 cm³/mol. The van der Waals surface area contributed by atoms with Crippen LogP contribution in [0.1, 0.15) is 63.3 Å². The molecule has 1 atom stereocenters. The van der Waals surface area contributed by atoms with Crippen LogP contribution in [0.4, 0.5) is 0 Å². The van der Waals surface area contributed by atoms with E-state index in [1.165, 1.54) is 42.4 Å². The standard InChI is InChI=1S/C21H34N4O/c1-6-23-20(24-14-21(3,4)19(26)22-5)25-15(2)17-12-11-16-9-7-8-10-18(16)13-17/h11-13,15H,6-10,14H2,1-5H3,(H,22,26)(H2,23,24,25). The summed E-state index contributed by atoms with van der Waals surface area (Å²) in [5.74, 6) is 0.745. The van der Waals surface area contributed by atoms with Gasteiger partial charge in [-0.15, -0.1) is 0 Å². The Balaban J connectivity index is 2.08. The summed E-state index contributed by atoms with van der Waals surface area (Å²) in [5.41, 5.74) is 3.73. The van der Waals surface area contributed by atoms with Crippen LogP contribution < -0.4 is 16.0 Å². The number of aliphatic imine (C=N–C) groups is 1. The molecule has 1 aliphatic rings. The first-order chi connectivity index (χ1) is 12.4. The van der Waals surface area contributed by atoms with Gasteiger partial charge in [-0.05, 0) is 70.1 Å². The Morgan fingerprint density at radius 3 is 2.58 bits per heavy atom. The zero-order chi connectivity index (χ0) is 19.2. The van der Waals surface area contributed by atoms with E-state index in [-0.39, 0.29) is 11.9 Å². The number of fused-ring (bicyclic) bond motifs is 1. The molecule has 144 valence electrons. The van der Waals surface area contributed by atoms with Crippen LogP contribution in [0, 0.1) is 5.41 Å². The molecule has 1 amide bonds. The number of amides is 1. The van der Waals surface area contributed by atoms with Gasteiger partial charge in [0, 0.05) is 13.6 Å². The molecule has 0 aromatic heterocycles. The molecule has 0 saturated heterocycles. The molecule has 1 aromatic rings. The van der Waals surface area contributed by atoms with Crippen molar-refractivity contribution in [3.05, 3.63) is 34.9 Å². The van der Waals surface area contributed by atoms with Crippen molar-refractivity contribution in [3.8, 4) is 0 Å². The van der Waals surface area contributed by atoms with Crippen LogP contribution in [0.5, 0.6) is 0 Å². The van der Waals surface area contributed by atoms with Gasteiger partial charge in [0.05, 0.1) is 18.0 Å². The van der Waals surface area contributed by atoms with Gasteiger partial charge in [-0.25, -0.2) is 0 Å². The third kappa shape index (κ3) is 5.23. The summed E-state index contributed by atoms with van der Waals surface area (Å²) in [6.07, 6.45) is 4.98. The summed E-state index contributed by atoms with van der Waals surface area (Å²) in [6.45, 7) is 9.23. The van der Waals surface area contributed by atoms with Gasteiger partial charge in [0.1, 0.15) is 0 Å². The van der Waals surface area contributed by atoms with Crippen LogP contribution in [0.25, 0.3) is 0 Å². The zero-order valence-electron chi connectivity index (χ0n) is 16.9. The SMILES string of the molecule is CCNC(=NCC(C)(C)C(=O)NC)NC(C)c1ccc2c(c1)CCCC2. The summed E-state index contributed by atoms with van der Waals surface area (Å²) in [6, 6.07) is 6.99. The Bertz CT molecular complexity index is 651. The molecule has 3 N–H and O–H groups in total. The number of aryl methyl sites for hydroxylation is 2. The number of nitrogens with one attached hydrogen (secondary N) is 3. The Labute approximate surface area is 158 Å². The molecular weight excluding hydrogens is 324 g/mol. The molecule has 0 spiro atoms. The van der Waals surface area contributed by atoms with E-state index in [1.54, 1.807) is 7.05 Å². The molecule has 1 aromatic carbocycles. The second-order valence-electron chi connectivity index (χ2n) is 7.76. The van der Waals surface area contributed by atoms with Crippen LogP contribution in [-0.2, 0) is 17.6 Å². The molecule has 0 saturated carbocycles. The predicted octanol–water partition coefficient (Wildman–Crippen LogP) is 2.95. The molecule has 1 unspecified atom stereocenters.